The van der Waals surface area contributed by atoms with Gasteiger partial charge >= 0.3 is 6.09 Å². The summed E-state index contributed by atoms with van der Waals surface area (Å²) in [5.41, 5.74) is 1.49. The van der Waals surface area contributed by atoms with Crippen LogP contribution in [-0.2, 0) is 20.3 Å². The number of hydrogen-bond acceptors (Lipinski definition) is 8. The highest BCUT2D eigenvalue weighted by molar-refractivity contribution is 7.90. The minimum Gasteiger partial charge on any atom is -0.465 e. The summed E-state index contributed by atoms with van der Waals surface area (Å²) in [6.07, 6.45) is -1.18. The molecule has 4 rings (SSSR count). The highest BCUT2D eigenvalue weighted by Crippen LogP contribution is 2.29. The van der Waals surface area contributed by atoms with E-state index in [1.807, 2.05) is 17.9 Å². The van der Waals surface area contributed by atoms with Crippen LogP contribution in [0.4, 0.5) is 16.3 Å². The summed E-state index contributed by atoms with van der Waals surface area (Å²) in [6, 6.07) is 14.1. The highest BCUT2D eigenvalue weighted by Gasteiger charge is 2.25. The third-order valence-corrected chi connectivity index (χ3v) is 7.68. The summed E-state index contributed by atoms with van der Waals surface area (Å²) in [5, 5.41) is 20.2. The number of rotatable bonds is 6. The Bertz CT molecular complexity index is 1440. The third kappa shape index (κ3) is 5.73. The Labute approximate surface area is 213 Å². The van der Waals surface area contributed by atoms with Gasteiger partial charge in [-0.25, -0.2) is 23.2 Å². The van der Waals surface area contributed by atoms with E-state index in [9.17, 15) is 13.2 Å². The number of morpholine rings is 1. The molecule has 1 amide bonds. The fraction of sp³-hybridized carbons (Fsp3) is 0.250. The van der Waals surface area contributed by atoms with Crippen LogP contribution in [0.5, 0.6) is 0 Å². The number of nitrogens with zero attached hydrogens (tertiary/aromatic N) is 4. The van der Waals surface area contributed by atoms with E-state index in [-0.39, 0.29) is 27.2 Å². The van der Waals surface area contributed by atoms with Gasteiger partial charge in [0.25, 0.3) is 0 Å². The highest BCUT2D eigenvalue weighted by atomic mass is 35.5. The molecule has 3 aromatic rings. The predicted octanol–water partition coefficient (Wildman–Crippen LogP) is 3.96. The van der Waals surface area contributed by atoms with Crippen LogP contribution in [0.3, 0.4) is 0 Å². The molecule has 1 aromatic heterocycles. The molecule has 2 aromatic carbocycles. The second kappa shape index (κ2) is 10.5. The lowest BCUT2D eigenvalue weighted by Crippen LogP contribution is -2.44. The predicted molar refractivity (Wildman–Crippen MR) is 134 cm³/mol. The van der Waals surface area contributed by atoms with Crippen molar-refractivity contribution in [1.82, 2.24) is 9.97 Å². The maximum atomic E-state index is 13.2. The van der Waals surface area contributed by atoms with Gasteiger partial charge in [-0.05, 0) is 49.4 Å². The Hall–Kier alpha value is -3.72. The van der Waals surface area contributed by atoms with Gasteiger partial charge in [0.15, 0.2) is 15.7 Å². The van der Waals surface area contributed by atoms with Crippen molar-refractivity contribution in [1.29, 1.82) is 5.26 Å². The number of carboxylic acid groups (broad SMARTS) is 1. The van der Waals surface area contributed by atoms with Gasteiger partial charge in [-0.1, -0.05) is 11.6 Å². The van der Waals surface area contributed by atoms with Crippen molar-refractivity contribution in [3.63, 3.8) is 0 Å². The van der Waals surface area contributed by atoms with Crippen molar-refractivity contribution in [3.8, 4) is 17.5 Å². The molecule has 1 fully saturated rings. The number of carbonyl (C=O) groups is 1. The average Bonchev–Trinajstić information content (AvgIpc) is 2.83. The summed E-state index contributed by atoms with van der Waals surface area (Å²) < 4.78 is 32.0. The van der Waals surface area contributed by atoms with Crippen LogP contribution in [0.1, 0.15) is 18.2 Å². The van der Waals surface area contributed by atoms with Gasteiger partial charge in [0.1, 0.15) is 5.82 Å². The number of ether oxygens (including phenoxy) is 1. The summed E-state index contributed by atoms with van der Waals surface area (Å²) in [4.78, 5) is 22.0. The van der Waals surface area contributed by atoms with Crippen molar-refractivity contribution in [2.24, 2.45) is 0 Å². The second-order valence-corrected chi connectivity index (χ2v) is 10.5. The first-order chi connectivity index (χ1) is 17.2. The molecule has 1 aliphatic heterocycles. The number of nitriles is 1. The zero-order valence-corrected chi connectivity index (χ0v) is 20.8. The molecule has 1 atom stereocenters. The average molecular weight is 528 g/mol. The van der Waals surface area contributed by atoms with E-state index in [2.05, 4.69) is 15.3 Å². The normalized spacial score (nSPS) is 15.8. The molecule has 2 heterocycles. The zero-order valence-electron chi connectivity index (χ0n) is 19.2. The first kappa shape index (κ1) is 25.4. The quantitative estimate of drug-likeness (QED) is 0.486. The lowest BCUT2D eigenvalue weighted by atomic mass is 10.2. The van der Waals surface area contributed by atoms with Gasteiger partial charge in [0.2, 0.25) is 0 Å². The van der Waals surface area contributed by atoms with E-state index in [1.165, 1.54) is 18.2 Å². The summed E-state index contributed by atoms with van der Waals surface area (Å²) in [5.74, 6) is 0.419. The van der Waals surface area contributed by atoms with Crippen LogP contribution in [0, 0.1) is 11.3 Å². The molecule has 0 bridgehead atoms. The van der Waals surface area contributed by atoms with Crippen molar-refractivity contribution in [3.05, 3.63) is 64.8 Å². The Kier molecular flexibility index (Phi) is 7.40. The molecule has 0 saturated carbocycles. The van der Waals surface area contributed by atoms with Gasteiger partial charge in [-0.15, -0.1) is 0 Å². The van der Waals surface area contributed by atoms with Crippen LogP contribution >= 0.6 is 11.6 Å². The molecule has 0 unspecified atom stereocenters. The largest absolute Gasteiger partial charge is 0.465 e. The summed E-state index contributed by atoms with van der Waals surface area (Å²) >= 11 is 6.18. The molecule has 0 aliphatic carbocycles. The number of halogens is 1. The second-order valence-electron chi connectivity index (χ2n) is 8.18. The molecule has 186 valence electrons. The Morgan fingerprint density at radius 1 is 1.25 bits per heavy atom. The van der Waals surface area contributed by atoms with E-state index < -0.39 is 21.7 Å². The number of sulfone groups is 1. The van der Waals surface area contributed by atoms with E-state index in [1.54, 1.807) is 30.3 Å². The standard InChI is InChI=1S/C24H22ClN5O5S/c1-15-13-35-9-8-30(15)22-11-19(14-36(33,34)21-7-2-16(12-26)10-20(21)25)27-23(29-22)17-3-5-18(6-4-17)28-24(31)32/h2-7,10-11,15,28H,8-9,13-14H2,1H3,(H,31,32)/t15-/m0/s1. The minimum absolute atomic E-state index is 0.0149. The summed E-state index contributed by atoms with van der Waals surface area (Å²) in [7, 11) is -3.90. The van der Waals surface area contributed by atoms with Crippen molar-refractivity contribution >= 4 is 39.0 Å². The maximum absolute atomic E-state index is 13.2. The Morgan fingerprint density at radius 3 is 2.64 bits per heavy atom. The number of benzene rings is 2. The molecule has 0 spiro atoms. The molecule has 36 heavy (non-hydrogen) atoms. The molecule has 1 aliphatic rings. The van der Waals surface area contributed by atoms with Gasteiger partial charge in [-0.2, -0.15) is 5.26 Å². The zero-order chi connectivity index (χ0) is 25.9. The molecule has 0 radical (unpaired) electrons. The molecular weight excluding hydrogens is 506 g/mol. The van der Waals surface area contributed by atoms with E-state index in [4.69, 9.17) is 26.7 Å². The molecule has 10 nitrogen and oxygen atoms in total. The first-order valence-corrected chi connectivity index (χ1v) is 12.9. The van der Waals surface area contributed by atoms with Gasteiger partial charge in [0, 0.05) is 23.9 Å². The lowest BCUT2D eigenvalue weighted by molar-refractivity contribution is 0.0985. The van der Waals surface area contributed by atoms with Crippen LogP contribution in [0.25, 0.3) is 11.4 Å². The van der Waals surface area contributed by atoms with E-state index in [0.717, 1.165) is 0 Å². The fourth-order valence-corrected chi connectivity index (χ4v) is 5.68. The first-order valence-electron chi connectivity index (χ1n) is 10.9. The van der Waals surface area contributed by atoms with Crippen LogP contribution in [-0.4, -0.2) is 55.4 Å². The molecular formula is C24H22ClN5O5S. The Morgan fingerprint density at radius 2 is 2.00 bits per heavy atom. The SMILES string of the molecule is C[C@H]1COCCN1c1cc(CS(=O)(=O)c2ccc(C#N)cc2Cl)nc(-c2ccc(NC(=O)O)cc2)n1. The molecule has 1 saturated heterocycles. The van der Waals surface area contributed by atoms with Gasteiger partial charge in [0.05, 0.1) is 52.3 Å². The topological polar surface area (TPSA) is 146 Å². The number of amides is 1. The number of anilines is 2. The fourth-order valence-electron chi connectivity index (χ4n) is 3.82. The van der Waals surface area contributed by atoms with Crippen LogP contribution in [0.2, 0.25) is 5.02 Å². The van der Waals surface area contributed by atoms with E-state index >= 15 is 0 Å². The minimum atomic E-state index is -3.90. The van der Waals surface area contributed by atoms with Crippen molar-refractivity contribution < 1.29 is 23.1 Å². The van der Waals surface area contributed by atoms with Crippen molar-refractivity contribution in [2.75, 3.05) is 30.0 Å². The maximum Gasteiger partial charge on any atom is 0.409 e. The number of aromatic nitrogens is 2. The third-order valence-electron chi connectivity index (χ3n) is 5.56. The van der Waals surface area contributed by atoms with Crippen molar-refractivity contribution in [2.45, 2.75) is 23.6 Å². The Balaban J connectivity index is 1.74. The van der Waals surface area contributed by atoms with Gasteiger partial charge in [-0.3, -0.25) is 5.32 Å². The molecule has 2 N–H and O–H groups in total. The lowest BCUT2D eigenvalue weighted by Gasteiger charge is -2.34. The van der Waals surface area contributed by atoms with Crippen LogP contribution < -0.4 is 10.2 Å². The molecule has 12 heteroatoms. The monoisotopic (exact) mass is 527 g/mol. The van der Waals surface area contributed by atoms with Gasteiger partial charge < -0.3 is 14.7 Å². The van der Waals surface area contributed by atoms with Crippen LogP contribution in [0.15, 0.2) is 53.4 Å². The number of nitrogens with one attached hydrogen (secondary N) is 1. The number of hydrogen-bond donors (Lipinski definition) is 2. The summed E-state index contributed by atoms with van der Waals surface area (Å²) in [6.45, 7) is 3.57. The smallest absolute Gasteiger partial charge is 0.409 e. The van der Waals surface area contributed by atoms with E-state index in [0.29, 0.717) is 42.7 Å².